The molecular formula is C44H61N5O10S. The molecule has 4 aliphatic rings. The number of carbonyl (C=O) groups is 4. The van der Waals surface area contributed by atoms with E-state index in [4.69, 9.17) is 19.2 Å². The maximum atomic E-state index is 14.5. The van der Waals surface area contributed by atoms with Gasteiger partial charge in [0.05, 0.1) is 29.5 Å². The van der Waals surface area contributed by atoms with Crippen molar-refractivity contribution >= 4 is 44.7 Å². The smallest absolute Gasteiger partial charge is 0.405 e. The summed E-state index contributed by atoms with van der Waals surface area (Å²) < 4.78 is 46.1. The number of methoxy groups -OCH3 is 1. The minimum Gasteiger partial charge on any atom is -0.490 e. The number of rotatable bonds is 21. The summed E-state index contributed by atoms with van der Waals surface area (Å²) in [5.74, 6) is -0.890. The summed E-state index contributed by atoms with van der Waals surface area (Å²) in [7, 11) is -2.35. The van der Waals surface area contributed by atoms with Crippen molar-refractivity contribution in [1.82, 2.24) is 25.2 Å². The standard InChI is InChI=1S/C44H61N5O10S/c1-4-24-44(2,42(52)48-60(55,56)32-22-23-32)47-39(50)36-27-31(28-49(36)41(51)37(46-43(53)54)30-17-10-11-18-30)59-40-34(20-7-5-6-14-29-15-8-9-16-29)38(58-26-25-57-3)33-19-12-13-21-35(33)45-40/h4-5,7,12-13,19,21,29-32,36-37,46H,1,6,8-11,14-18,20,22-28H2,2-3H3,(H,47,50)(H,48,52)(H,53,54)/b7-5+/t31?,36-,37-,44?/m0/s1. The van der Waals surface area contributed by atoms with Gasteiger partial charge in [-0.25, -0.2) is 18.2 Å². The van der Waals surface area contributed by atoms with Gasteiger partial charge in [-0.3, -0.25) is 19.1 Å². The van der Waals surface area contributed by atoms with Gasteiger partial charge in [-0.1, -0.05) is 68.9 Å². The monoisotopic (exact) mass is 851 g/mol. The maximum Gasteiger partial charge on any atom is 0.405 e. The van der Waals surface area contributed by atoms with E-state index >= 15 is 0 Å². The number of carboxylic acid groups (broad SMARTS) is 1. The van der Waals surface area contributed by atoms with Gasteiger partial charge in [0.25, 0.3) is 5.91 Å². The minimum atomic E-state index is -3.95. The van der Waals surface area contributed by atoms with Gasteiger partial charge in [0.15, 0.2) is 0 Å². The highest BCUT2D eigenvalue weighted by Gasteiger charge is 2.48. The van der Waals surface area contributed by atoms with Crippen molar-refractivity contribution < 1.29 is 46.9 Å². The number of carbonyl (C=O) groups excluding carboxylic acids is 3. The van der Waals surface area contributed by atoms with E-state index in [-0.39, 0.29) is 37.8 Å². The van der Waals surface area contributed by atoms with E-state index in [9.17, 15) is 32.7 Å². The Labute approximate surface area is 353 Å². The first kappa shape index (κ1) is 44.8. The molecule has 4 amide bonds. The van der Waals surface area contributed by atoms with Gasteiger partial charge in [-0.2, -0.15) is 0 Å². The molecule has 6 rings (SSSR count). The summed E-state index contributed by atoms with van der Waals surface area (Å²) in [4.78, 5) is 60.9. The van der Waals surface area contributed by atoms with Gasteiger partial charge >= 0.3 is 6.09 Å². The zero-order valence-electron chi connectivity index (χ0n) is 34.9. The van der Waals surface area contributed by atoms with Crippen LogP contribution < -0.4 is 24.8 Å². The predicted octanol–water partition coefficient (Wildman–Crippen LogP) is 5.56. The number of hydrogen-bond acceptors (Lipinski definition) is 10. The number of nitrogens with zero attached hydrogens (tertiary/aromatic N) is 2. The van der Waals surface area contributed by atoms with Gasteiger partial charge in [0.1, 0.15) is 36.1 Å². The second-order valence-electron chi connectivity index (χ2n) is 16.9. The summed E-state index contributed by atoms with van der Waals surface area (Å²) >= 11 is 0. The van der Waals surface area contributed by atoms with Crippen LogP contribution in [0.5, 0.6) is 11.6 Å². The molecule has 16 heteroatoms. The quantitative estimate of drug-likeness (QED) is 0.0905. The summed E-state index contributed by atoms with van der Waals surface area (Å²) in [5, 5.41) is 15.1. The van der Waals surface area contributed by atoms with Gasteiger partial charge in [-0.05, 0) is 82.3 Å². The number of amides is 4. The third-order valence-corrected chi connectivity index (χ3v) is 14.2. The van der Waals surface area contributed by atoms with E-state index in [0.29, 0.717) is 55.5 Å². The molecule has 328 valence electrons. The Balaban J connectivity index is 1.32. The van der Waals surface area contributed by atoms with E-state index in [1.165, 1.54) is 43.6 Å². The number of fused-ring (bicyclic) bond motifs is 1. The third kappa shape index (κ3) is 11.2. The Morgan fingerprint density at radius 2 is 1.75 bits per heavy atom. The number of pyridine rings is 1. The fraction of sp³-hybridized carbons (Fsp3) is 0.614. The topological polar surface area (TPSA) is 203 Å². The summed E-state index contributed by atoms with van der Waals surface area (Å²) in [6.45, 7) is 5.66. The normalized spacial score (nSPS) is 21.5. The molecule has 2 unspecified atom stereocenters. The first-order valence-electron chi connectivity index (χ1n) is 21.5. The van der Waals surface area contributed by atoms with Crippen LogP contribution in [-0.2, 0) is 35.6 Å². The zero-order valence-corrected chi connectivity index (χ0v) is 35.7. The zero-order chi connectivity index (χ0) is 42.9. The molecule has 2 aromatic rings. The van der Waals surface area contributed by atoms with Crippen molar-refractivity contribution in [3.63, 3.8) is 0 Å². The van der Waals surface area contributed by atoms with Crippen LogP contribution in [-0.4, -0.2) is 103 Å². The lowest BCUT2D eigenvalue weighted by atomic mass is 9.95. The number of para-hydroxylation sites is 1. The summed E-state index contributed by atoms with van der Waals surface area (Å²) in [5.41, 5.74) is -0.436. The average molecular weight is 852 g/mol. The molecule has 4 fully saturated rings. The van der Waals surface area contributed by atoms with Crippen molar-refractivity contribution in [1.29, 1.82) is 0 Å². The highest BCUT2D eigenvalue weighted by Crippen LogP contribution is 2.38. The first-order chi connectivity index (χ1) is 28.8. The van der Waals surface area contributed by atoms with Crippen LogP contribution in [0.2, 0.25) is 0 Å². The molecule has 60 heavy (non-hydrogen) atoms. The van der Waals surface area contributed by atoms with Crippen LogP contribution in [0.1, 0.15) is 102 Å². The molecule has 15 nitrogen and oxygen atoms in total. The largest absolute Gasteiger partial charge is 0.490 e. The number of hydrogen-bond donors (Lipinski definition) is 4. The van der Waals surface area contributed by atoms with Crippen LogP contribution in [0.3, 0.4) is 0 Å². The molecule has 0 radical (unpaired) electrons. The van der Waals surface area contributed by atoms with E-state index in [2.05, 4.69) is 34.1 Å². The number of benzene rings is 1. The molecule has 1 aromatic heterocycles. The first-order valence-corrected chi connectivity index (χ1v) is 23.0. The van der Waals surface area contributed by atoms with Crippen molar-refractivity contribution in [3.8, 4) is 11.6 Å². The minimum absolute atomic E-state index is 0.0285. The SMILES string of the molecule is C=CCC(C)(NC(=O)[C@@H]1CC(Oc2nc3ccccc3c(OCCOC)c2C/C=C/CCC2CCCC2)CN1C(=O)[C@@H](NC(=O)O)C1CCCC1)C(=O)NS(=O)(=O)C1CC1. The number of nitrogens with one attached hydrogen (secondary N) is 3. The van der Waals surface area contributed by atoms with Gasteiger partial charge < -0.3 is 34.9 Å². The fourth-order valence-electron chi connectivity index (χ4n) is 8.88. The highest BCUT2D eigenvalue weighted by atomic mass is 32.2. The Hall–Kier alpha value is -4.70. The number of allylic oxidation sites excluding steroid dienone is 2. The molecule has 4 N–H and O–H groups in total. The molecular weight excluding hydrogens is 791 g/mol. The lowest BCUT2D eigenvalue weighted by Crippen LogP contribution is -2.62. The molecule has 1 aromatic carbocycles. The second kappa shape index (κ2) is 20.2. The maximum absolute atomic E-state index is 14.5. The molecule has 0 bridgehead atoms. The average Bonchev–Trinajstić information content (AvgIpc) is 3.52. The number of ether oxygens (including phenoxy) is 3. The lowest BCUT2D eigenvalue weighted by Gasteiger charge is -2.33. The molecule has 3 saturated carbocycles. The number of likely N-dealkylation sites (tertiary alicyclic amines) is 1. The summed E-state index contributed by atoms with van der Waals surface area (Å²) in [6, 6.07) is 5.23. The van der Waals surface area contributed by atoms with Crippen molar-refractivity contribution in [3.05, 3.63) is 54.6 Å². The Morgan fingerprint density at radius 3 is 2.43 bits per heavy atom. The van der Waals surface area contributed by atoms with E-state index < -0.39 is 62.8 Å². The highest BCUT2D eigenvalue weighted by molar-refractivity contribution is 7.91. The summed E-state index contributed by atoms with van der Waals surface area (Å²) in [6.07, 6.45) is 14.8. The third-order valence-electron chi connectivity index (χ3n) is 12.3. The molecule has 2 heterocycles. The molecule has 1 aliphatic heterocycles. The van der Waals surface area contributed by atoms with Crippen molar-refractivity contribution in [2.24, 2.45) is 11.8 Å². The van der Waals surface area contributed by atoms with Crippen LogP contribution >= 0.6 is 0 Å². The van der Waals surface area contributed by atoms with Crippen LogP contribution in [0.4, 0.5) is 4.79 Å². The molecule has 3 aliphatic carbocycles. The lowest BCUT2D eigenvalue weighted by molar-refractivity contribution is -0.142. The fourth-order valence-corrected chi connectivity index (χ4v) is 10.3. The second-order valence-corrected chi connectivity index (χ2v) is 18.9. The molecule has 0 spiro atoms. The molecule has 4 atom stereocenters. The van der Waals surface area contributed by atoms with Gasteiger partial charge in [-0.15, -0.1) is 6.58 Å². The van der Waals surface area contributed by atoms with E-state index in [1.54, 1.807) is 7.11 Å². The van der Waals surface area contributed by atoms with Crippen molar-refractivity contribution in [2.75, 3.05) is 26.9 Å². The van der Waals surface area contributed by atoms with Gasteiger partial charge in [0, 0.05) is 18.9 Å². The Kier molecular flexibility index (Phi) is 15.1. The number of sulfonamides is 1. The van der Waals surface area contributed by atoms with E-state index in [0.717, 1.165) is 37.0 Å². The predicted molar refractivity (Wildman–Crippen MR) is 226 cm³/mol. The van der Waals surface area contributed by atoms with Crippen LogP contribution in [0, 0.1) is 11.8 Å². The van der Waals surface area contributed by atoms with E-state index in [1.807, 2.05) is 24.3 Å². The molecule has 1 saturated heterocycles. The van der Waals surface area contributed by atoms with Crippen LogP contribution in [0.25, 0.3) is 10.9 Å². The van der Waals surface area contributed by atoms with Gasteiger partial charge in [0.2, 0.25) is 27.7 Å². The van der Waals surface area contributed by atoms with Crippen LogP contribution in [0.15, 0.2) is 49.1 Å². The number of aromatic nitrogens is 1. The van der Waals surface area contributed by atoms with Crippen molar-refractivity contribution in [2.45, 2.75) is 132 Å². The Bertz CT molecular complexity index is 2010. The Morgan fingerprint density at radius 1 is 1.03 bits per heavy atom.